The van der Waals surface area contributed by atoms with Gasteiger partial charge in [0.2, 0.25) is 0 Å². The fraction of sp³-hybridized carbons (Fsp3) is 0.500. The zero-order valence-corrected chi connectivity index (χ0v) is 13.0. The van der Waals surface area contributed by atoms with E-state index in [-0.39, 0.29) is 6.54 Å². The van der Waals surface area contributed by atoms with E-state index in [2.05, 4.69) is 15.9 Å². The van der Waals surface area contributed by atoms with Crippen molar-refractivity contribution in [3.63, 3.8) is 0 Å². The first-order chi connectivity index (χ1) is 9.24. The van der Waals surface area contributed by atoms with Crippen molar-refractivity contribution >= 4 is 21.8 Å². The third-order valence-electron chi connectivity index (χ3n) is 2.87. The Balaban J connectivity index is 2.99. The second-order valence-electron chi connectivity index (χ2n) is 4.65. The smallest absolute Gasteiger partial charge is 0.330 e. The topological polar surface area (TPSA) is 20.3 Å². The first-order valence-electron chi connectivity index (χ1n) is 6.36. The van der Waals surface area contributed by atoms with Crippen molar-refractivity contribution in [2.24, 2.45) is 0 Å². The highest BCUT2D eigenvalue weighted by molar-refractivity contribution is 9.10. The molecule has 0 bridgehead atoms. The average Bonchev–Trinajstić information content (AvgIpc) is 2.35. The first kappa shape index (κ1) is 17.0. The van der Waals surface area contributed by atoms with Crippen LogP contribution in [0.1, 0.15) is 35.7 Å². The number of amides is 1. The predicted molar refractivity (Wildman–Crippen MR) is 75.7 cm³/mol. The van der Waals surface area contributed by atoms with Crippen LogP contribution in [0, 0.1) is 6.92 Å². The van der Waals surface area contributed by atoms with Crippen LogP contribution < -0.4 is 0 Å². The number of carbonyl (C=O) groups excluding carboxylic acids is 1. The van der Waals surface area contributed by atoms with Gasteiger partial charge in [-0.15, -0.1) is 0 Å². The SMILES string of the molecule is CCCCN(CC(F)(F)F)C(=O)c1cc(Br)ccc1C. The van der Waals surface area contributed by atoms with Crippen molar-refractivity contribution in [1.82, 2.24) is 4.90 Å². The minimum Gasteiger partial charge on any atom is -0.330 e. The molecule has 112 valence electrons. The molecule has 0 aromatic heterocycles. The van der Waals surface area contributed by atoms with Crippen molar-refractivity contribution in [2.45, 2.75) is 32.9 Å². The molecule has 0 unspecified atom stereocenters. The minimum atomic E-state index is -4.39. The molecule has 0 atom stereocenters. The number of hydrogen-bond donors (Lipinski definition) is 0. The van der Waals surface area contributed by atoms with E-state index in [4.69, 9.17) is 0 Å². The van der Waals surface area contributed by atoms with Crippen LogP contribution in [0.5, 0.6) is 0 Å². The normalized spacial score (nSPS) is 11.5. The lowest BCUT2D eigenvalue weighted by molar-refractivity contribution is -0.140. The molecule has 0 spiro atoms. The molecule has 0 heterocycles. The zero-order valence-electron chi connectivity index (χ0n) is 11.4. The summed E-state index contributed by atoms with van der Waals surface area (Å²) >= 11 is 3.23. The molecular formula is C14H17BrF3NO. The molecule has 0 saturated heterocycles. The van der Waals surface area contributed by atoms with Gasteiger partial charge in [-0.3, -0.25) is 4.79 Å². The van der Waals surface area contributed by atoms with Crippen LogP contribution in [0.2, 0.25) is 0 Å². The lowest BCUT2D eigenvalue weighted by Gasteiger charge is -2.24. The first-order valence-corrected chi connectivity index (χ1v) is 7.16. The second-order valence-corrected chi connectivity index (χ2v) is 5.57. The fourth-order valence-corrected chi connectivity index (χ4v) is 2.17. The summed E-state index contributed by atoms with van der Waals surface area (Å²) in [5, 5.41) is 0. The quantitative estimate of drug-likeness (QED) is 0.761. The molecule has 0 fully saturated rings. The highest BCUT2D eigenvalue weighted by Gasteiger charge is 2.33. The van der Waals surface area contributed by atoms with E-state index < -0.39 is 18.6 Å². The Morgan fingerprint density at radius 2 is 2.00 bits per heavy atom. The van der Waals surface area contributed by atoms with Crippen LogP contribution in [0.15, 0.2) is 22.7 Å². The second kappa shape index (κ2) is 7.11. The van der Waals surface area contributed by atoms with E-state index in [1.165, 1.54) is 0 Å². The molecule has 1 aromatic rings. The highest BCUT2D eigenvalue weighted by atomic mass is 79.9. The van der Waals surface area contributed by atoms with E-state index in [0.717, 1.165) is 11.3 Å². The Bertz CT molecular complexity index is 474. The summed E-state index contributed by atoms with van der Waals surface area (Å²) in [5.74, 6) is -0.574. The molecule has 20 heavy (non-hydrogen) atoms. The molecular weight excluding hydrogens is 335 g/mol. The maximum Gasteiger partial charge on any atom is 0.406 e. The van der Waals surface area contributed by atoms with Gasteiger partial charge in [-0.1, -0.05) is 35.3 Å². The standard InChI is InChI=1S/C14H17BrF3NO/c1-3-4-7-19(9-14(16,17)18)13(20)12-8-11(15)6-5-10(12)2/h5-6,8H,3-4,7,9H2,1-2H3. The number of hydrogen-bond acceptors (Lipinski definition) is 1. The van der Waals surface area contributed by atoms with E-state index >= 15 is 0 Å². The van der Waals surface area contributed by atoms with Crippen molar-refractivity contribution in [3.8, 4) is 0 Å². The minimum absolute atomic E-state index is 0.112. The molecule has 6 heteroatoms. The highest BCUT2D eigenvalue weighted by Crippen LogP contribution is 2.22. The van der Waals surface area contributed by atoms with Gasteiger partial charge in [-0.25, -0.2) is 0 Å². The van der Waals surface area contributed by atoms with Crippen LogP contribution >= 0.6 is 15.9 Å². The van der Waals surface area contributed by atoms with Gasteiger partial charge in [-0.2, -0.15) is 13.2 Å². The molecule has 0 saturated carbocycles. The lowest BCUT2D eigenvalue weighted by atomic mass is 10.1. The summed E-state index contributed by atoms with van der Waals surface area (Å²) in [5.41, 5.74) is 0.974. The molecule has 0 radical (unpaired) electrons. The van der Waals surface area contributed by atoms with Gasteiger partial charge in [0.1, 0.15) is 6.54 Å². The van der Waals surface area contributed by atoms with Crippen molar-refractivity contribution in [2.75, 3.05) is 13.1 Å². The number of rotatable bonds is 5. The molecule has 2 nitrogen and oxygen atoms in total. The molecule has 1 aromatic carbocycles. The number of alkyl halides is 3. The zero-order chi connectivity index (χ0) is 15.3. The summed E-state index contributed by atoms with van der Waals surface area (Å²) in [7, 11) is 0. The van der Waals surface area contributed by atoms with Gasteiger partial charge in [-0.05, 0) is 31.0 Å². The molecule has 1 rings (SSSR count). The number of nitrogens with zero attached hydrogens (tertiary/aromatic N) is 1. The molecule has 0 N–H and O–H groups in total. The van der Waals surface area contributed by atoms with Crippen molar-refractivity contribution in [3.05, 3.63) is 33.8 Å². The maximum atomic E-state index is 12.6. The van der Waals surface area contributed by atoms with Crippen LogP contribution in [-0.2, 0) is 0 Å². The van der Waals surface area contributed by atoms with Gasteiger partial charge < -0.3 is 4.90 Å². The van der Waals surface area contributed by atoms with Crippen LogP contribution in [0.4, 0.5) is 13.2 Å². The Morgan fingerprint density at radius 1 is 1.35 bits per heavy atom. The predicted octanol–water partition coefficient (Wildman–Crippen LogP) is 4.56. The number of benzene rings is 1. The summed E-state index contributed by atoms with van der Waals surface area (Å²) in [6.45, 7) is 2.49. The van der Waals surface area contributed by atoms with Crippen LogP contribution in [-0.4, -0.2) is 30.1 Å². The van der Waals surface area contributed by atoms with E-state index in [9.17, 15) is 18.0 Å². The average molecular weight is 352 g/mol. The van der Waals surface area contributed by atoms with Crippen molar-refractivity contribution < 1.29 is 18.0 Å². The maximum absolute atomic E-state index is 12.6. The molecule has 0 aliphatic heterocycles. The van der Waals surface area contributed by atoms with E-state index in [1.54, 1.807) is 25.1 Å². The van der Waals surface area contributed by atoms with Gasteiger partial charge in [0.15, 0.2) is 0 Å². The largest absolute Gasteiger partial charge is 0.406 e. The lowest BCUT2D eigenvalue weighted by Crippen LogP contribution is -2.39. The Morgan fingerprint density at radius 3 is 2.55 bits per heavy atom. The summed E-state index contributed by atoms with van der Waals surface area (Å²) in [6, 6.07) is 5.03. The third-order valence-corrected chi connectivity index (χ3v) is 3.36. The molecule has 0 aliphatic carbocycles. The summed E-state index contributed by atoms with van der Waals surface area (Å²) < 4.78 is 38.4. The number of halogens is 4. The summed E-state index contributed by atoms with van der Waals surface area (Å²) in [6.07, 6.45) is -3.10. The van der Waals surface area contributed by atoms with Gasteiger partial charge in [0.05, 0.1) is 0 Å². The van der Waals surface area contributed by atoms with Gasteiger partial charge >= 0.3 is 6.18 Å². The Kier molecular flexibility index (Phi) is 6.05. The van der Waals surface area contributed by atoms with Gasteiger partial charge in [0, 0.05) is 16.6 Å². The Hall–Kier alpha value is -1.04. The third kappa shape index (κ3) is 5.15. The monoisotopic (exact) mass is 351 g/mol. The van der Waals surface area contributed by atoms with Crippen LogP contribution in [0.25, 0.3) is 0 Å². The molecule has 0 aliphatic rings. The Labute approximate surface area is 125 Å². The summed E-state index contributed by atoms with van der Waals surface area (Å²) in [4.78, 5) is 13.2. The number of aryl methyl sites for hydroxylation is 1. The van der Waals surface area contributed by atoms with E-state index in [0.29, 0.717) is 22.0 Å². The van der Waals surface area contributed by atoms with Crippen molar-refractivity contribution in [1.29, 1.82) is 0 Å². The molecule has 1 amide bonds. The fourth-order valence-electron chi connectivity index (χ4n) is 1.81. The van der Waals surface area contributed by atoms with Gasteiger partial charge in [0.25, 0.3) is 5.91 Å². The van der Waals surface area contributed by atoms with E-state index in [1.807, 2.05) is 6.92 Å². The number of carbonyl (C=O) groups is 1. The van der Waals surface area contributed by atoms with Crippen LogP contribution in [0.3, 0.4) is 0 Å². The number of unbranched alkanes of at least 4 members (excludes halogenated alkanes) is 1.